The Morgan fingerprint density at radius 1 is 1.31 bits per heavy atom. The van der Waals surface area contributed by atoms with Crippen molar-refractivity contribution in [3.63, 3.8) is 0 Å². The van der Waals surface area contributed by atoms with Gasteiger partial charge in [0.05, 0.1) is 17.7 Å². The van der Waals surface area contributed by atoms with Crippen LogP contribution in [-0.4, -0.2) is 55.6 Å². The lowest BCUT2D eigenvalue weighted by Gasteiger charge is -2.22. The van der Waals surface area contributed by atoms with Crippen LogP contribution in [0.3, 0.4) is 0 Å². The summed E-state index contributed by atoms with van der Waals surface area (Å²) in [5.74, 6) is 1.09. The molecule has 1 N–H and O–H groups in total. The average Bonchev–Trinajstić information content (AvgIpc) is 3.04. The third-order valence-electron chi connectivity index (χ3n) is 4.58. The smallest absolute Gasteiger partial charge is 0.251 e. The van der Waals surface area contributed by atoms with Gasteiger partial charge in [-0.2, -0.15) is 5.26 Å². The fourth-order valence-electron chi connectivity index (χ4n) is 3.40. The highest BCUT2D eigenvalue weighted by Crippen LogP contribution is 2.23. The van der Waals surface area contributed by atoms with Gasteiger partial charge in [-0.15, -0.1) is 0 Å². The molecule has 26 heavy (non-hydrogen) atoms. The van der Waals surface area contributed by atoms with E-state index in [1.54, 1.807) is 30.5 Å². The second kappa shape index (κ2) is 7.98. The standard InChI is InChI=1S/C20H23N5O/c1-24(2)12-17-13-25(19-8-3-4-9-22-19)14-18(17)23-20(26)16-7-5-6-15(10-16)11-21/h3-10,17-18H,12-14H2,1-2H3,(H,23,26)/t17-,18-/m1/s1. The summed E-state index contributed by atoms with van der Waals surface area (Å²) in [7, 11) is 4.08. The monoisotopic (exact) mass is 349 g/mol. The number of anilines is 1. The number of carbonyl (C=O) groups excluding carboxylic acids is 1. The van der Waals surface area contributed by atoms with Crippen LogP contribution >= 0.6 is 0 Å². The predicted octanol–water partition coefficient (Wildman–Crippen LogP) is 1.75. The summed E-state index contributed by atoms with van der Waals surface area (Å²) in [6.45, 7) is 2.45. The van der Waals surface area contributed by atoms with Gasteiger partial charge in [0.2, 0.25) is 0 Å². The van der Waals surface area contributed by atoms with Crippen LogP contribution in [0.4, 0.5) is 5.82 Å². The van der Waals surface area contributed by atoms with Crippen molar-refractivity contribution >= 4 is 11.7 Å². The van der Waals surface area contributed by atoms with Gasteiger partial charge < -0.3 is 15.1 Å². The molecule has 1 saturated heterocycles. The average molecular weight is 349 g/mol. The van der Waals surface area contributed by atoms with Crippen LogP contribution in [0.5, 0.6) is 0 Å². The van der Waals surface area contributed by atoms with E-state index in [0.29, 0.717) is 17.0 Å². The van der Waals surface area contributed by atoms with Crippen LogP contribution < -0.4 is 10.2 Å². The van der Waals surface area contributed by atoms with Crippen molar-refractivity contribution in [2.24, 2.45) is 5.92 Å². The fraction of sp³-hybridized carbons (Fsp3) is 0.350. The van der Waals surface area contributed by atoms with Gasteiger partial charge in [0.15, 0.2) is 0 Å². The first-order valence-corrected chi connectivity index (χ1v) is 8.68. The molecule has 0 saturated carbocycles. The van der Waals surface area contributed by atoms with Gasteiger partial charge in [-0.05, 0) is 44.4 Å². The number of benzene rings is 1. The predicted molar refractivity (Wildman–Crippen MR) is 101 cm³/mol. The third kappa shape index (κ3) is 4.19. The number of nitrogens with zero attached hydrogens (tertiary/aromatic N) is 4. The molecule has 1 aromatic carbocycles. The van der Waals surface area contributed by atoms with Gasteiger partial charge in [-0.1, -0.05) is 12.1 Å². The van der Waals surface area contributed by atoms with Crippen LogP contribution in [-0.2, 0) is 0 Å². The molecule has 1 amide bonds. The van der Waals surface area contributed by atoms with E-state index in [0.717, 1.165) is 25.5 Å². The Morgan fingerprint density at radius 2 is 2.15 bits per heavy atom. The van der Waals surface area contributed by atoms with E-state index in [1.807, 2.05) is 32.3 Å². The van der Waals surface area contributed by atoms with Crippen LogP contribution in [0.25, 0.3) is 0 Å². The number of aromatic nitrogens is 1. The number of nitrogens with one attached hydrogen (secondary N) is 1. The molecular weight excluding hydrogens is 326 g/mol. The molecule has 2 heterocycles. The minimum atomic E-state index is -0.140. The summed E-state index contributed by atoms with van der Waals surface area (Å²) in [5.41, 5.74) is 1.01. The van der Waals surface area contributed by atoms with Gasteiger partial charge in [-0.3, -0.25) is 4.79 Å². The number of pyridine rings is 1. The zero-order valence-corrected chi connectivity index (χ0v) is 15.1. The van der Waals surface area contributed by atoms with E-state index in [4.69, 9.17) is 5.26 Å². The maximum Gasteiger partial charge on any atom is 0.251 e. The van der Waals surface area contributed by atoms with E-state index >= 15 is 0 Å². The molecule has 6 nitrogen and oxygen atoms in total. The second-order valence-corrected chi connectivity index (χ2v) is 6.89. The molecular formula is C20H23N5O. The maximum atomic E-state index is 12.7. The first-order chi connectivity index (χ1) is 12.6. The van der Waals surface area contributed by atoms with Crippen molar-refractivity contribution in [1.82, 2.24) is 15.2 Å². The minimum absolute atomic E-state index is 0.0256. The number of rotatable bonds is 5. The summed E-state index contributed by atoms with van der Waals surface area (Å²) in [4.78, 5) is 21.5. The van der Waals surface area contributed by atoms with Crippen molar-refractivity contribution in [2.75, 3.05) is 38.6 Å². The first-order valence-electron chi connectivity index (χ1n) is 8.68. The Morgan fingerprint density at radius 3 is 2.85 bits per heavy atom. The first kappa shape index (κ1) is 17.9. The second-order valence-electron chi connectivity index (χ2n) is 6.89. The highest BCUT2D eigenvalue weighted by Gasteiger charge is 2.34. The lowest BCUT2D eigenvalue weighted by molar-refractivity contribution is 0.0928. The summed E-state index contributed by atoms with van der Waals surface area (Å²) < 4.78 is 0. The molecule has 0 unspecified atom stereocenters. The Hall–Kier alpha value is -2.91. The molecule has 134 valence electrons. The van der Waals surface area contributed by atoms with Crippen LogP contribution in [0, 0.1) is 17.2 Å². The van der Waals surface area contributed by atoms with Gasteiger partial charge in [-0.25, -0.2) is 4.98 Å². The van der Waals surface area contributed by atoms with E-state index in [2.05, 4.69) is 26.2 Å². The van der Waals surface area contributed by atoms with Crippen molar-refractivity contribution in [2.45, 2.75) is 6.04 Å². The molecule has 0 radical (unpaired) electrons. The van der Waals surface area contributed by atoms with E-state index < -0.39 is 0 Å². The molecule has 0 aliphatic carbocycles. The molecule has 6 heteroatoms. The summed E-state index contributed by atoms with van der Waals surface area (Å²) in [5, 5.41) is 12.2. The van der Waals surface area contributed by atoms with E-state index in [-0.39, 0.29) is 11.9 Å². The number of hydrogen-bond donors (Lipinski definition) is 1. The molecule has 1 fully saturated rings. The summed E-state index contributed by atoms with van der Waals surface area (Å²) in [6, 6.07) is 14.8. The Labute approximate surface area is 154 Å². The highest BCUT2D eigenvalue weighted by molar-refractivity contribution is 5.94. The summed E-state index contributed by atoms with van der Waals surface area (Å²) in [6.07, 6.45) is 1.79. The molecule has 1 aliphatic rings. The largest absolute Gasteiger partial charge is 0.354 e. The van der Waals surface area contributed by atoms with Crippen LogP contribution in [0.1, 0.15) is 15.9 Å². The molecule has 2 aromatic rings. The molecule has 1 aromatic heterocycles. The molecule has 0 spiro atoms. The lowest BCUT2D eigenvalue weighted by atomic mass is 10.0. The summed E-state index contributed by atoms with van der Waals surface area (Å²) >= 11 is 0. The third-order valence-corrected chi connectivity index (χ3v) is 4.58. The Balaban J connectivity index is 1.75. The van der Waals surface area contributed by atoms with Crippen molar-refractivity contribution in [1.29, 1.82) is 5.26 Å². The molecule has 1 aliphatic heterocycles. The van der Waals surface area contributed by atoms with Crippen molar-refractivity contribution in [3.05, 3.63) is 59.8 Å². The lowest BCUT2D eigenvalue weighted by Crippen LogP contribution is -2.43. The van der Waals surface area contributed by atoms with Gasteiger partial charge in [0.25, 0.3) is 5.91 Å². The Bertz CT molecular complexity index is 799. The SMILES string of the molecule is CN(C)C[C@@H]1CN(c2ccccn2)C[C@H]1NC(=O)c1cccc(C#N)c1. The maximum absolute atomic E-state index is 12.7. The number of nitriles is 1. The fourth-order valence-corrected chi connectivity index (χ4v) is 3.40. The highest BCUT2D eigenvalue weighted by atomic mass is 16.1. The van der Waals surface area contributed by atoms with Crippen molar-refractivity contribution in [3.8, 4) is 6.07 Å². The van der Waals surface area contributed by atoms with Crippen LogP contribution in [0.2, 0.25) is 0 Å². The van der Waals surface area contributed by atoms with Gasteiger partial charge in [0.1, 0.15) is 5.82 Å². The van der Waals surface area contributed by atoms with Gasteiger partial charge in [0, 0.05) is 37.3 Å². The van der Waals surface area contributed by atoms with Crippen LogP contribution in [0.15, 0.2) is 48.7 Å². The topological polar surface area (TPSA) is 72.3 Å². The quantitative estimate of drug-likeness (QED) is 0.890. The number of carbonyl (C=O) groups is 1. The zero-order valence-electron chi connectivity index (χ0n) is 15.1. The number of hydrogen-bond acceptors (Lipinski definition) is 5. The van der Waals surface area contributed by atoms with Gasteiger partial charge >= 0.3 is 0 Å². The molecule has 2 atom stereocenters. The van der Waals surface area contributed by atoms with Crippen molar-refractivity contribution < 1.29 is 4.79 Å². The van der Waals surface area contributed by atoms with E-state index in [1.165, 1.54) is 0 Å². The minimum Gasteiger partial charge on any atom is -0.354 e. The molecule has 3 rings (SSSR count). The molecule has 0 bridgehead atoms. The normalized spacial score (nSPS) is 19.4. The zero-order chi connectivity index (χ0) is 18.5. The number of amides is 1. The Kier molecular flexibility index (Phi) is 5.49. The van der Waals surface area contributed by atoms with E-state index in [9.17, 15) is 4.79 Å².